The van der Waals surface area contributed by atoms with Crippen molar-refractivity contribution in [1.82, 2.24) is 14.5 Å². The van der Waals surface area contributed by atoms with Crippen LogP contribution in [0.2, 0.25) is 10.2 Å². The van der Waals surface area contributed by atoms with Crippen LogP contribution in [0.1, 0.15) is 22.4 Å². The standard InChI is InChI=1S/C18H17Cl2N5O/c1-11-7-16(21)25(17(26)8-11)22-9-15-12(2)23-24(18(15)20)10-13-3-5-14(19)6-4-13/h3-9H,10,21H2,1-2H3/b22-9-. The Morgan fingerprint density at radius 3 is 2.54 bits per heavy atom. The summed E-state index contributed by atoms with van der Waals surface area (Å²) in [6, 6.07) is 10.6. The smallest absolute Gasteiger partial charge is 0.273 e. The van der Waals surface area contributed by atoms with E-state index in [1.54, 1.807) is 17.7 Å². The lowest BCUT2D eigenvalue weighted by Gasteiger charge is -2.04. The number of pyridine rings is 1. The molecule has 26 heavy (non-hydrogen) atoms. The van der Waals surface area contributed by atoms with Crippen molar-refractivity contribution in [3.05, 3.63) is 79.3 Å². The number of anilines is 1. The van der Waals surface area contributed by atoms with E-state index in [1.165, 1.54) is 12.3 Å². The fraction of sp³-hybridized carbons (Fsp3) is 0.167. The summed E-state index contributed by atoms with van der Waals surface area (Å²) in [7, 11) is 0. The maximum Gasteiger partial charge on any atom is 0.273 e. The molecule has 0 aliphatic carbocycles. The molecule has 0 unspecified atom stereocenters. The van der Waals surface area contributed by atoms with Gasteiger partial charge in [0.05, 0.1) is 24.0 Å². The van der Waals surface area contributed by atoms with Crippen molar-refractivity contribution in [2.24, 2.45) is 5.10 Å². The van der Waals surface area contributed by atoms with Crippen LogP contribution in [0.4, 0.5) is 5.82 Å². The zero-order valence-electron chi connectivity index (χ0n) is 14.3. The molecular weight excluding hydrogens is 373 g/mol. The van der Waals surface area contributed by atoms with Crippen LogP contribution in [0, 0.1) is 13.8 Å². The van der Waals surface area contributed by atoms with Crippen molar-refractivity contribution in [3.63, 3.8) is 0 Å². The molecular formula is C18H17Cl2N5O. The zero-order chi connectivity index (χ0) is 18.8. The van der Waals surface area contributed by atoms with Crippen molar-refractivity contribution in [2.45, 2.75) is 20.4 Å². The molecule has 0 saturated carbocycles. The highest BCUT2D eigenvalue weighted by Crippen LogP contribution is 2.20. The first-order chi connectivity index (χ1) is 12.3. The van der Waals surface area contributed by atoms with E-state index in [0.717, 1.165) is 15.8 Å². The van der Waals surface area contributed by atoms with Crippen LogP contribution in [0.5, 0.6) is 0 Å². The van der Waals surface area contributed by atoms with Crippen LogP contribution in [0.25, 0.3) is 0 Å². The van der Waals surface area contributed by atoms with Crippen molar-refractivity contribution < 1.29 is 0 Å². The number of rotatable bonds is 4. The third kappa shape index (κ3) is 3.81. The van der Waals surface area contributed by atoms with E-state index < -0.39 is 0 Å². The quantitative estimate of drug-likeness (QED) is 0.693. The van der Waals surface area contributed by atoms with Gasteiger partial charge < -0.3 is 5.73 Å². The highest BCUT2D eigenvalue weighted by molar-refractivity contribution is 6.32. The van der Waals surface area contributed by atoms with Crippen molar-refractivity contribution >= 4 is 35.2 Å². The van der Waals surface area contributed by atoms with Crippen LogP contribution in [0.15, 0.2) is 46.3 Å². The van der Waals surface area contributed by atoms with Gasteiger partial charge in [-0.15, -0.1) is 0 Å². The lowest BCUT2D eigenvalue weighted by Crippen LogP contribution is -2.19. The van der Waals surface area contributed by atoms with Gasteiger partial charge in [0.25, 0.3) is 5.56 Å². The molecule has 6 nitrogen and oxygen atoms in total. The molecule has 0 spiro atoms. The average molecular weight is 390 g/mol. The van der Waals surface area contributed by atoms with E-state index in [1.807, 2.05) is 31.2 Å². The maximum absolute atomic E-state index is 12.0. The molecule has 3 rings (SSSR count). The molecule has 1 aromatic carbocycles. The van der Waals surface area contributed by atoms with E-state index >= 15 is 0 Å². The van der Waals surface area contributed by atoms with E-state index in [0.29, 0.717) is 28.0 Å². The molecule has 2 heterocycles. The SMILES string of the molecule is Cc1cc(N)n(/N=C\c2c(C)nn(Cc3ccc(Cl)cc3)c2Cl)c(=O)c1. The van der Waals surface area contributed by atoms with Gasteiger partial charge in [-0.2, -0.15) is 14.9 Å². The Balaban J connectivity index is 1.91. The number of aryl methyl sites for hydroxylation is 2. The largest absolute Gasteiger partial charge is 0.384 e. The van der Waals surface area contributed by atoms with Crippen LogP contribution >= 0.6 is 23.2 Å². The van der Waals surface area contributed by atoms with Crippen molar-refractivity contribution in [2.75, 3.05) is 5.73 Å². The first-order valence-electron chi connectivity index (χ1n) is 7.86. The number of nitrogen functional groups attached to an aromatic ring is 1. The minimum atomic E-state index is -0.305. The van der Waals surface area contributed by atoms with Crippen molar-refractivity contribution in [3.8, 4) is 0 Å². The number of benzene rings is 1. The van der Waals surface area contributed by atoms with Gasteiger partial charge in [-0.3, -0.25) is 4.79 Å². The first-order valence-corrected chi connectivity index (χ1v) is 8.61. The lowest BCUT2D eigenvalue weighted by molar-refractivity contribution is 0.680. The Bertz CT molecular complexity index is 1030. The molecule has 8 heteroatoms. The lowest BCUT2D eigenvalue weighted by atomic mass is 10.2. The summed E-state index contributed by atoms with van der Waals surface area (Å²) in [5, 5.41) is 9.71. The Labute approximate surface area is 160 Å². The van der Waals surface area contributed by atoms with Gasteiger partial charge in [-0.1, -0.05) is 35.3 Å². The average Bonchev–Trinajstić information content (AvgIpc) is 2.83. The number of hydrogen-bond donors (Lipinski definition) is 1. The van der Waals surface area contributed by atoms with Crippen LogP contribution < -0.4 is 11.3 Å². The molecule has 0 amide bonds. The van der Waals surface area contributed by atoms with E-state index in [4.69, 9.17) is 28.9 Å². The predicted molar refractivity (Wildman–Crippen MR) is 105 cm³/mol. The van der Waals surface area contributed by atoms with E-state index in [-0.39, 0.29) is 11.4 Å². The Hall–Kier alpha value is -2.57. The monoisotopic (exact) mass is 389 g/mol. The highest BCUT2D eigenvalue weighted by atomic mass is 35.5. The third-order valence-electron chi connectivity index (χ3n) is 3.84. The molecule has 0 saturated heterocycles. The van der Waals surface area contributed by atoms with Gasteiger partial charge in [0.15, 0.2) is 0 Å². The minimum absolute atomic E-state index is 0.258. The summed E-state index contributed by atoms with van der Waals surface area (Å²) in [6.45, 7) is 4.12. The summed E-state index contributed by atoms with van der Waals surface area (Å²) in [5.41, 5.74) is 8.69. The summed E-state index contributed by atoms with van der Waals surface area (Å²) in [4.78, 5) is 12.0. The number of nitrogens with zero attached hydrogens (tertiary/aromatic N) is 4. The van der Waals surface area contributed by atoms with Crippen LogP contribution in [0.3, 0.4) is 0 Å². The van der Waals surface area contributed by atoms with Gasteiger partial charge in [0.2, 0.25) is 0 Å². The summed E-state index contributed by atoms with van der Waals surface area (Å²) >= 11 is 12.4. The number of halogens is 2. The molecule has 2 aromatic heterocycles. The fourth-order valence-electron chi connectivity index (χ4n) is 2.54. The molecule has 0 atom stereocenters. The number of aromatic nitrogens is 3. The second kappa shape index (κ2) is 7.35. The molecule has 0 aliphatic rings. The molecule has 134 valence electrons. The Morgan fingerprint density at radius 1 is 1.19 bits per heavy atom. The van der Waals surface area contributed by atoms with Gasteiger partial charge in [0.1, 0.15) is 11.0 Å². The third-order valence-corrected chi connectivity index (χ3v) is 4.49. The molecule has 0 bridgehead atoms. The van der Waals surface area contributed by atoms with E-state index in [2.05, 4.69) is 10.2 Å². The topological polar surface area (TPSA) is 78.2 Å². The zero-order valence-corrected chi connectivity index (χ0v) is 15.8. The van der Waals surface area contributed by atoms with Gasteiger partial charge in [0, 0.05) is 11.1 Å². The number of nitrogens with two attached hydrogens (primary N) is 1. The number of hydrogen-bond acceptors (Lipinski definition) is 4. The van der Waals surface area contributed by atoms with Crippen molar-refractivity contribution in [1.29, 1.82) is 0 Å². The van der Waals surface area contributed by atoms with Gasteiger partial charge >= 0.3 is 0 Å². The van der Waals surface area contributed by atoms with Crippen LogP contribution in [-0.2, 0) is 6.54 Å². The summed E-state index contributed by atoms with van der Waals surface area (Å²) < 4.78 is 2.79. The van der Waals surface area contributed by atoms with Crippen LogP contribution in [-0.4, -0.2) is 20.7 Å². The molecule has 0 fully saturated rings. The molecule has 2 N–H and O–H groups in total. The highest BCUT2D eigenvalue weighted by Gasteiger charge is 2.12. The summed E-state index contributed by atoms with van der Waals surface area (Å²) in [6.07, 6.45) is 1.50. The maximum atomic E-state index is 12.0. The molecule has 0 radical (unpaired) electrons. The van der Waals surface area contributed by atoms with Gasteiger partial charge in [-0.25, -0.2) is 4.68 Å². The fourth-order valence-corrected chi connectivity index (χ4v) is 2.95. The van der Waals surface area contributed by atoms with Gasteiger partial charge in [-0.05, 0) is 43.2 Å². The second-order valence-corrected chi connectivity index (χ2v) is 6.72. The molecule has 0 aliphatic heterocycles. The predicted octanol–water partition coefficient (Wildman–Crippen LogP) is 3.48. The Kier molecular flexibility index (Phi) is 5.15. The minimum Gasteiger partial charge on any atom is -0.384 e. The second-order valence-electron chi connectivity index (χ2n) is 5.93. The molecule has 3 aromatic rings. The first kappa shape index (κ1) is 18.2. The summed E-state index contributed by atoms with van der Waals surface area (Å²) in [5.74, 6) is 0.258. The van der Waals surface area contributed by atoms with E-state index in [9.17, 15) is 4.79 Å². The normalized spacial score (nSPS) is 11.4. The Morgan fingerprint density at radius 2 is 1.88 bits per heavy atom.